The molecule has 0 bridgehead atoms. The van der Waals surface area contributed by atoms with Gasteiger partial charge in [0, 0.05) is 30.4 Å². The normalized spacial score (nSPS) is 17.6. The molecule has 0 aliphatic carbocycles. The predicted molar refractivity (Wildman–Crippen MR) is 102 cm³/mol. The topological polar surface area (TPSA) is 51.0 Å². The Morgan fingerprint density at radius 2 is 2.08 bits per heavy atom. The highest BCUT2D eigenvalue weighted by molar-refractivity contribution is 5.87. The van der Waals surface area contributed by atoms with Crippen molar-refractivity contribution in [1.29, 1.82) is 0 Å². The number of carbonyl (C=O) groups is 1. The molecule has 134 valence electrons. The van der Waals surface area contributed by atoms with Crippen LogP contribution in [0.3, 0.4) is 0 Å². The van der Waals surface area contributed by atoms with E-state index in [1.807, 2.05) is 42.2 Å². The Balaban J connectivity index is 1.52. The number of fused-ring (bicyclic) bond motifs is 1. The van der Waals surface area contributed by atoms with Crippen molar-refractivity contribution in [2.75, 3.05) is 13.1 Å². The summed E-state index contributed by atoms with van der Waals surface area (Å²) in [6.07, 6.45) is 4.28. The third kappa shape index (κ3) is 3.21. The second-order valence-corrected chi connectivity index (χ2v) is 7.18. The molecule has 1 aliphatic heterocycles. The maximum Gasteiger partial charge on any atom is 0.227 e. The van der Waals surface area contributed by atoms with Crippen LogP contribution in [0.2, 0.25) is 0 Å². The monoisotopic (exact) mass is 348 g/mol. The zero-order chi connectivity index (χ0) is 18.1. The van der Waals surface area contributed by atoms with Gasteiger partial charge in [0.15, 0.2) is 0 Å². The fourth-order valence-corrected chi connectivity index (χ4v) is 3.98. The van der Waals surface area contributed by atoms with Gasteiger partial charge in [0.1, 0.15) is 0 Å². The molecule has 1 aliphatic rings. The van der Waals surface area contributed by atoms with Crippen LogP contribution in [0.15, 0.2) is 42.6 Å². The molecule has 1 fully saturated rings. The summed E-state index contributed by atoms with van der Waals surface area (Å²) in [6, 6.07) is 12.4. The van der Waals surface area contributed by atoms with Gasteiger partial charge in [0.05, 0.1) is 23.7 Å². The van der Waals surface area contributed by atoms with Crippen molar-refractivity contribution in [3.63, 3.8) is 0 Å². The summed E-state index contributed by atoms with van der Waals surface area (Å²) in [5, 5.41) is 5.70. The predicted octanol–water partition coefficient (Wildman–Crippen LogP) is 3.45. The van der Waals surface area contributed by atoms with Crippen LogP contribution in [0, 0.1) is 13.8 Å². The first kappa shape index (κ1) is 16.8. The Labute approximate surface area is 153 Å². The summed E-state index contributed by atoms with van der Waals surface area (Å²) in [5.41, 5.74) is 4.13. The molecule has 1 unspecified atom stereocenters. The number of aryl methyl sites for hydroxylation is 2. The molecule has 0 radical (unpaired) electrons. The van der Waals surface area contributed by atoms with Gasteiger partial charge >= 0.3 is 0 Å². The van der Waals surface area contributed by atoms with Crippen LogP contribution in [0.4, 0.5) is 0 Å². The minimum atomic E-state index is 0.175. The number of carbonyl (C=O) groups excluding carboxylic acids is 1. The maximum atomic E-state index is 12.9. The Bertz CT molecular complexity index is 941. The number of nitrogens with zero attached hydrogens (tertiary/aromatic N) is 4. The van der Waals surface area contributed by atoms with E-state index in [1.54, 1.807) is 6.20 Å². The van der Waals surface area contributed by atoms with Crippen molar-refractivity contribution in [3.05, 3.63) is 59.5 Å². The van der Waals surface area contributed by atoms with Crippen molar-refractivity contribution in [2.24, 2.45) is 0 Å². The van der Waals surface area contributed by atoms with E-state index in [9.17, 15) is 4.79 Å². The van der Waals surface area contributed by atoms with E-state index >= 15 is 0 Å². The number of aromatic nitrogens is 3. The van der Waals surface area contributed by atoms with Crippen LogP contribution >= 0.6 is 0 Å². The van der Waals surface area contributed by atoms with Gasteiger partial charge in [-0.2, -0.15) is 5.10 Å². The van der Waals surface area contributed by atoms with Gasteiger partial charge in [-0.15, -0.1) is 0 Å². The molecule has 26 heavy (non-hydrogen) atoms. The second-order valence-electron chi connectivity index (χ2n) is 7.18. The summed E-state index contributed by atoms with van der Waals surface area (Å²) in [4.78, 5) is 19.4. The van der Waals surface area contributed by atoms with E-state index in [-0.39, 0.29) is 11.9 Å². The lowest BCUT2D eigenvalue weighted by atomic mass is 10.0. The number of amides is 1. The summed E-state index contributed by atoms with van der Waals surface area (Å²) in [7, 11) is 0. The highest BCUT2D eigenvalue weighted by Crippen LogP contribution is 2.24. The summed E-state index contributed by atoms with van der Waals surface area (Å²) in [6.45, 7) is 5.66. The van der Waals surface area contributed by atoms with Crippen LogP contribution in [0.25, 0.3) is 10.9 Å². The number of pyridine rings is 1. The van der Waals surface area contributed by atoms with Gasteiger partial charge in [-0.05, 0) is 44.4 Å². The molecule has 1 amide bonds. The zero-order valence-corrected chi connectivity index (χ0v) is 15.4. The molecular formula is C21H24N4O. The molecule has 3 aromatic rings. The lowest BCUT2D eigenvalue weighted by molar-refractivity contribution is -0.132. The Kier molecular flexibility index (Phi) is 4.45. The lowest BCUT2D eigenvalue weighted by Gasteiger charge is -2.33. The first-order valence-electron chi connectivity index (χ1n) is 9.25. The fraction of sp³-hybridized carbons (Fsp3) is 0.381. The van der Waals surface area contributed by atoms with Crippen LogP contribution in [-0.4, -0.2) is 38.7 Å². The quantitative estimate of drug-likeness (QED) is 0.728. The summed E-state index contributed by atoms with van der Waals surface area (Å²) in [5.74, 6) is 0.175. The van der Waals surface area contributed by atoms with Crippen molar-refractivity contribution in [3.8, 4) is 0 Å². The zero-order valence-electron chi connectivity index (χ0n) is 15.4. The van der Waals surface area contributed by atoms with E-state index in [1.165, 1.54) is 5.69 Å². The minimum absolute atomic E-state index is 0.175. The van der Waals surface area contributed by atoms with Crippen molar-refractivity contribution >= 4 is 16.8 Å². The van der Waals surface area contributed by atoms with Gasteiger partial charge in [-0.1, -0.05) is 24.3 Å². The van der Waals surface area contributed by atoms with Gasteiger partial charge in [-0.25, -0.2) is 0 Å². The first-order valence-corrected chi connectivity index (χ1v) is 9.25. The Morgan fingerprint density at radius 3 is 2.88 bits per heavy atom. The fourth-order valence-electron chi connectivity index (χ4n) is 3.98. The van der Waals surface area contributed by atoms with Crippen molar-refractivity contribution in [2.45, 2.75) is 39.2 Å². The average molecular weight is 348 g/mol. The molecule has 0 spiro atoms. The Hall–Kier alpha value is -2.69. The number of piperidine rings is 1. The number of hydrogen-bond donors (Lipinski definition) is 0. The standard InChI is InChI=1S/C21H24N4O/c1-15-12-16(2)25(23-15)19-9-5-11-24(14-19)20(26)13-18-7-3-6-17-8-4-10-22-21(17)18/h3-4,6-8,10,12,19H,5,9,11,13-14H2,1-2H3. The van der Waals surface area contributed by atoms with E-state index in [0.717, 1.165) is 48.1 Å². The lowest BCUT2D eigenvalue weighted by Crippen LogP contribution is -2.41. The molecule has 1 atom stereocenters. The van der Waals surface area contributed by atoms with Crippen LogP contribution < -0.4 is 0 Å². The largest absolute Gasteiger partial charge is 0.340 e. The minimum Gasteiger partial charge on any atom is -0.340 e. The SMILES string of the molecule is Cc1cc(C)n(C2CCCN(C(=O)Cc3cccc4cccnc34)C2)n1. The van der Waals surface area contributed by atoms with Crippen molar-refractivity contribution in [1.82, 2.24) is 19.7 Å². The first-order chi connectivity index (χ1) is 12.6. The number of likely N-dealkylation sites (tertiary alicyclic amines) is 1. The number of hydrogen-bond acceptors (Lipinski definition) is 3. The second kappa shape index (κ2) is 6.90. The number of rotatable bonds is 3. The number of benzene rings is 1. The van der Waals surface area contributed by atoms with Gasteiger partial charge in [0.25, 0.3) is 0 Å². The molecule has 4 rings (SSSR count). The number of para-hydroxylation sites is 1. The van der Waals surface area contributed by atoms with Crippen LogP contribution in [0.1, 0.15) is 35.8 Å². The van der Waals surface area contributed by atoms with E-state index in [4.69, 9.17) is 0 Å². The molecule has 5 heteroatoms. The summed E-state index contributed by atoms with van der Waals surface area (Å²) >= 11 is 0. The molecule has 0 N–H and O–H groups in total. The highest BCUT2D eigenvalue weighted by atomic mass is 16.2. The van der Waals surface area contributed by atoms with E-state index in [0.29, 0.717) is 6.42 Å². The van der Waals surface area contributed by atoms with Crippen LogP contribution in [0.5, 0.6) is 0 Å². The smallest absolute Gasteiger partial charge is 0.227 e. The van der Waals surface area contributed by atoms with Crippen molar-refractivity contribution < 1.29 is 4.79 Å². The van der Waals surface area contributed by atoms with Gasteiger partial charge in [-0.3, -0.25) is 14.5 Å². The third-order valence-electron chi connectivity index (χ3n) is 5.20. The molecule has 1 aromatic carbocycles. The molecule has 2 aromatic heterocycles. The van der Waals surface area contributed by atoms with Gasteiger partial charge in [0.2, 0.25) is 5.91 Å². The molecular weight excluding hydrogens is 324 g/mol. The average Bonchev–Trinajstić information content (AvgIpc) is 3.00. The molecule has 5 nitrogen and oxygen atoms in total. The highest BCUT2D eigenvalue weighted by Gasteiger charge is 2.26. The van der Waals surface area contributed by atoms with Crippen LogP contribution in [-0.2, 0) is 11.2 Å². The van der Waals surface area contributed by atoms with Gasteiger partial charge < -0.3 is 4.90 Å². The third-order valence-corrected chi connectivity index (χ3v) is 5.20. The van der Waals surface area contributed by atoms with E-state index < -0.39 is 0 Å². The molecule has 0 saturated carbocycles. The molecule has 1 saturated heterocycles. The van der Waals surface area contributed by atoms with E-state index in [2.05, 4.69) is 27.8 Å². The molecule has 3 heterocycles. The Morgan fingerprint density at radius 1 is 1.23 bits per heavy atom. The summed E-state index contributed by atoms with van der Waals surface area (Å²) < 4.78 is 2.09. The maximum absolute atomic E-state index is 12.9.